The molecule has 34 heavy (non-hydrogen) atoms. The molecule has 1 heterocycles. The number of rotatable bonds is 6. The van der Waals surface area contributed by atoms with E-state index in [4.69, 9.17) is 11.6 Å². The Morgan fingerprint density at radius 2 is 1.65 bits per heavy atom. The smallest absolute Gasteiger partial charge is 0.264 e. The van der Waals surface area contributed by atoms with Crippen LogP contribution in [0, 0.1) is 6.92 Å². The van der Waals surface area contributed by atoms with Gasteiger partial charge in [0, 0.05) is 41.4 Å². The van der Waals surface area contributed by atoms with E-state index in [2.05, 4.69) is 20.8 Å². The molecule has 1 amide bonds. The summed E-state index contributed by atoms with van der Waals surface area (Å²) in [7, 11) is -3.94. The van der Waals surface area contributed by atoms with Gasteiger partial charge >= 0.3 is 0 Å². The molecule has 0 unspecified atom stereocenters. The van der Waals surface area contributed by atoms with Crippen molar-refractivity contribution in [1.82, 2.24) is 4.90 Å². The molecule has 4 rings (SSSR count). The highest BCUT2D eigenvalue weighted by Gasteiger charge is 2.30. The van der Waals surface area contributed by atoms with Crippen molar-refractivity contribution in [2.45, 2.75) is 11.8 Å². The lowest BCUT2D eigenvalue weighted by molar-refractivity contribution is -0.129. The Hall–Kier alpha value is -2.55. The van der Waals surface area contributed by atoms with Gasteiger partial charge in [0.25, 0.3) is 10.0 Å². The topological polar surface area (TPSA) is 60.9 Å². The van der Waals surface area contributed by atoms with Gasteiger partial charge in [0.2, 0.25) is 5.91 Å². The van der Waals surface area contributed by atoms with Crippen LogP contribution < -0.4 is 9.21 Å². The summed E-state index contributed by atoms with van der Waals surface area (Å²) < 4.78 is 29.0. The van der Waals surface area contributed by atoms with E-state index in [0.29, 0.717) is 36.9 Å². The van der Waals surface area contributed by atoms with Gasteiger partial charge in [0.05, 0.1) is 10.6 Å². The number of hydrogen-bond acceptors (Lipinski definition) is 4. The third kappa shape index (κ3) is 5.56. The van der Waals surface area contributed by atoms with Crippen LogP contribution in [0.4, 0.5) is 11.4 Å². The summed E-state index contributed by atoms with van der Waals surface area (Å²) in [5.74, 6) is -0.235. The normalized spacial score (nSPS) is 14.2. The van der Waals surface area contributed by atoms with Gasteiger partial charge in [0.1, 0.15) is 6.54 Å². The number of piperazine rings is 1. The van der Waals surface area contributed by atoms with Crippen molar-refractivity contribution in [3.8, 4) is 0 Å². The Morgan fingerprint density at radius 3 is 2.29 bits per heavy atom. The van der Waals surface area contributed by atoms with E-state index in [0.717, 1.165) is 15.7 Å². The lowest BCUT2D eigenvalue weighted by Crippen LogP contribution is -2.52. The SMILES string of the molecule is Cc1ccc(S(=O)(=O)N(CC(=O)N2CCN(c3cccc(Cl)c3)CC2)c2cccc(Br)c2)cc1. The van der Waals surface area contributed by atoms with Crippen molar-refractivity contribution >= 4 is 54.8 Å². The zero-order valence-corrected chi connectivity index (χ0v) is 21.9. The molecule has 0 atom stereocenters. The Morgan fingerprint density at radius 1 is 0.971 bits per heavy atom. The van der Waals surface area contributed by atoms with Crippen molar-refractivity contribution in [2.75, 3.05) is 41.9 Å². The predicted molar refractivity (Wildman–Crippen MR) is 140 cm³/mol. The van der Waals surface area contributed by atoms with E-state index in [1.165, 1.54) is 4.31 Å². The van der Waals surface area contributed by atoms with E-state index in [9.17, 15) is 13.2 Å². The van der Waals surface area contributed by atoms with Crippen molar-refractivity contribution in [3.05, 3.63) is 87.9 Å². The number of amides is 1. The number of nitrogens with zero attached hydrogens (tertiary/aromatic N) is 3. The molecule has 1 fully saturated rings. The first-order valence-electron chi connectivity index (χ1n) is 10.9. The molecule has 1 aliphatic rings. The fourth-order valence-corrected chi connectivity index (χ4v) is 5.87. The molecule has 0 spiro atoms. The largest absolute Gasteiger partial charge is 0.368 e. The molecular formula is C25H25BrClN3O3S. The maximum atomic E-state index is 13.6. The van der Waals surface area contributed by atoms with Crippen LogP contribution >= 0.6 is 27.5 Å². The van der Waals surface area contributed by atoms with Crippen molar-refractivity contribution in [2.24, 2.45) is 0 Å². The summed E-state index contributed by atoms with van der Waals surface area (Å²) in [4.78, 5) is 17.3. The van der Waals surface area contributed by atoms with Crippen LogP contribution in [0.3, 0.4) is 0 Å². The minimum Gasteiger partial charge on any atom is -0.368 e. The number of carbonyl (C=O) groups excluding carboxylic acids is 1. The number of sulfonamides is 1. The van der Waals surface area contributed by atoms with Gasteiger partial charge in [-0.3, -0.25) is 9.10 Å². The van der Waals surface area contributed by atoms with E-state index in [-0.39, 0.29) is 17.3 Å². The van der Waals surface area contributed by atoms with Crippen LogP contribution in [0.5, 0.6) is 0 Å². The number of anilines is 2. The standard InChI is InChI=1S/C25H25BrClN3O3S/c1-19-8-10-24(11-9-19)34(32,33)30(23-7-2-4-20(26)16-23)18-25(31)29-14-12-28(13-15-29)22-6-3-5-21(27)17-22/h2-11,16-17H,12-15,18H2,1H3. The van der Waals surface area contributed by atoms with Gasteiger partial charge in [-0.05, 0) is 55.5 Å². The second kappa shape index (κ2) is 10.4. The Bertz CT molecular complexity index is 1280. The highest BCUT2D eigenvalue weighted by Crippen LogP contribution is 2.27. The van der Waals surface area contributed by atoms with Gasteiger partial charge in [-0.15, -0.1) is 0 Å². The average molecular weight is 563 g/mol. The Labute approximate surface area is 213 Å². The van der Waals surface area contributed by atoms with Gasteiger partial charge in [-0.2, -0.15) is 0 Å². The molecule has 0 saturated carbocycles. The third-order valence-corrected chi connectivity index (χ3v) is 8.31. The molecule has 1 aliphatic heterocycles. The third-order valence-electron chi connectivity index (χ3n) is 5.79. The number of halogens is 2. The van der Waals surface area contributed by atoms with Gasteiger partial charge in [0.15, 0.2) is 0 Å². The monoisotopic (exact) mass is 561 g/mol. The summed E-state index contributed by atoms with van der Waals surface area (Å²) in [5, 5.41) is 0.669. The average Bonchev–Trinajstić information content (AvgIpc) is 2.82. The van der Waals surface area contributed by atoms with Gasteiger partial charge < -0.3 is 9.80 Å². The second-order valence-electron chi connectivity index (χ2n) is 8.15. The van der Waals surface area contributed by atoms with Crippen LogP contribution in [-0.2, 0) is 14.8 Å². The summed E-state index contributed by atoms with van der Waals surface area (Å²) in [6.07, 6.45) is 0. The maximum Gasteiger partial charge on any atom is 0.264 e. The van der Waals surface area contributed by atoms with E-state index >= 15 is 0 Å². The molecule has 0 aliphatic carbocycles. The lowest BCUT2D eigenvalue weighted by Gasteiger charge is -2.37. The molecular weight excluding hydrogens is 538 g/mol. The number of hydrogen-bond donors (Lipinski definition) is 0. The molecule has 3 aromatic rings. The summed E-state index contributed by atoms with van der Waals surface area (Å²) in [5.41, 5.74) is 2.40. The zero-order valence-electron chi connectivity index (χ0n) is 18.7. The van der Waals surface area contributed by atoms with Crippen LogP contribution in [0.2, 0.25) is 5.02 Å². The fraction of sp³-hybridized carbons (Fsp3) is 0.240. The van der Waals surface area contributed by atoms with Crippen LogP contribution in [0.15, 0.2) is 82.2 Å². The first kappa shape index (κ1) is 24.6. The molecule has 0 N–H and O–H groups in total. The summed E-state index contributed by atoms with van der Waals surface area (Å²) >= 11 is 9.52. The first-order valence-corrected chi connectivity index (χ1v) is 13.5. The number of aryl methyl sites for hydroxylation is 1. The molecule has 6 nitrogen and oxygen atoms in total. The van der Waals surface area contributed by atoms with Crippen molar-refractivity contribution < 1.29 is 13.2 Å². The van der Waals surface area contributed by atoms with Crippen molar-refractivity contribution in [3.63, 3.8) is 0 Å². The quantitative estimate of drug-likeness (QED) is 0.426. The predicted octanol–water partition coefficient (Wildman–Crippen LogP) is 4.96. The first-order chi connectivity index (χ1) is 16.2. The highest BCUT2D eigenvalue weighted by atomic mass is 79.9. The van der Waals surface area contributed by atoms with Crippen molar-refractivity contribution in [1.29, 1.82) is 0 Å². The van der Waals surface area contributed by atoms with Crippen LogP contribution in [-0.4, -0.2) is 51.9 Å². The van der Waals surface area contributed by atoms with E-state index in [1.807, 2.05) is 37.3 Å². The number of benzene rings is 3. The van der Waals surface area contributed by atoms with Crippen LogP contribution in [0.25, 0.3) is 0 Å². The Kier molecular flexibility index (Phi) is 7.50. The van der Waals surface area contributed by atoms with E-state index < -0.39 is 10.0 Å². The fourth-order valence-electron chi connectivity index (χ4n) is 3.89. The molecule has 9 heteroatoms. The van der Waals surface area contributed by atoms with E-state index in [1.54, 1.807) is 47.4 Å². The van der Waals surface area contributed by atoms with Crippen LogP contribution in [0.1, 0.15) is 5.56 Å². The molecule has 3 aromatic carbocycles. The molecule has 0 bridgehead atoms. The maximum absolute atomic E-state index is 13.6. The minimum absolute atomic E-state index is 0.150. The highest BCUT2D eigenvalue weighted by molar-refractivity contribution is 9.10. The molecule has 0 radical (unpaired) electrons. The number of carbonyl (C=O) groups is 1. The minimum atomic E-state index is -3.94. The zero-order chi connectivity index (χ0) is 24.3. The van der Waals surface area contributed by atoms with Gasteiger partial charge in [-0.1, -0.05) is 57.4 Å². The second-order valence-corrected chi connectivity index (χ2v) is 11.4. The van der Waals surface area contributed by atoms with Gasteiger partial charge in [-0.25, -0.2) is 8.42 Å². The molecule has 0 aromatic heterocycles. The molecule has 1 saturated heterocycles. The lowest BCUT2D eigenvalue weighted by atomic mass is 10.2. The Balaban J connectivity index is 1.54. The summed E-state index contributed by atoms with van der Waals surface area (Å²) in [6.45, 7) is 3.92. The summed E-state index contributed by atoms with van der Waals surface area (Å²) in [6, 6.07) is 21.3. The molecule has 178 valence electrons.